The molecule has 120 valence electrons. The van der Waals surface area contributed by atoms with E-state index in [1.54, 1.807) is 6.33 Å². The SMILES string of the molecule is C\C=C/C=C(\C=C/C)n1c(-c2ccccc2)nc2c[n+](C)cnc21. The van der Waals surface area contributed by atoms with Gasteiger partial charge in [-0.1, -0.05) is 48.6 Å². The van der Waals surface area contributed by atoms with Crippen LogP contribution in [-0.4, -0.2) is 14.5 Å². The zero-order valence-electron chi connectivity index (χ0n) is 14.2. The van der Waals surface area contributed by atoms with E-state index >= 15 is 0 Å². The first-order valence-corrected chi connectivity index (χ1v) is 7.99. The number of fused-ring (bicyclic) bond motifs is 1. The van der Waals surface area contributed by atoms with Crippen LogP contribution in [0.5, 0.6) is 0 Å². The first-order chi connectivity index (χ1) is 11.7. The molecule has 4 heteroatoms. The molecule has 0 unspecified atom stereocenters. The maximum absolute atomic E-state index is 4.84. The van der Waals surface area contributed by atoms with E-state index in [4.69, 9.17) is 4.98 Å². The molecule has 0 saturated heterocycles. The predicted molar refractivity (Wildman–Crippen MR) is 98.0 cm³/mol. The lowest BCUT2D eigenvalue weighted by atomic mass is 10.2. The van der Waals surface area contributed by atoms with Gasteiger partial charge in [0, 0.05) is 5.56 Å². The number of allylic oxidation sites excluding steroid dienone is 6. The van der Waals surface area contributed by atoms with Crippen LogP contribution >= 0.6 is 0 Å². The van der Waals surface area contributed by atoms with Gasteiger partial charge in [0.05, 0.1) is 12.7 Å². The molecular weight excluding hydrogens is 296 g/mol. The number of aromatic nitrogens is 4. The van der Waals surface area contributed by atoms with Crippen LogP contribution in [0.4, 0.5) is 0 Å². The molecule has 0 aliphatic carbocycles. The monoisotopic (exact) mass is 317 g/mol. The molecule has 0 amide bonds. The number of imidazole rings is 1. The third kappa shape index (κ3) is 3.04. The molecule has 0 N–H and O–H groups in total. The Labute approximate surface area is 142 Å². The van der Waals surface area contributed by atoms with Gasteiger partial charge in [0.15, 0.2) is 5.52 Å². The van der Waals surface area contributed by atoms with Gasteiger partial charge in [-0.3, -0.25) is 4.57 Å². The van der Waals surface area contributed by atoms with Crippen LogP contribution in [0, 0.1) is 0 Å². The van der Waals surface area contributed by atoms with Gasteiger partial charge in [0.2, 0.25) is 0 Å². The Bertz CT molecular complexity index is 931. The molecule has 0 aliphatic rings. The molecule has 0 bridgehead atoms. The van der Waals surface area contributed by atoms with Crippen molar-refractivity contribution in [3.63, 3.8) is 0 Å². The molecule has 24 heavy (non-hydrogen) atoms. The van der Waals surface area contributed by atoms with E-state index in [0.29, 0.717) is 0 Å². The zero-order chi connectivity index (χ0) is 16.9. The van der Waals surface area contributed by atoms with Crippen LogP contribution in [0.25, 0.3) is 28.2 Å². The van der Waals surface area contributed by atoms with Crippen molar-refractivity contribution >= 4 is 16.9 Å². The highest BCUT2D eigenvalue weighted by molar-refractivity contribution is 5.83. The van der Waals surface area contributed by atoms with Crippen LogP contribution in [0.2, 0.25) is 0 Å². The number of aryl methyl sites for hydroxylation is 1. The van der Waals surface area contributed by atoms with Crippen molar-refractivity contribution < 1.29 is 4.57 Å². The summed E-state index contributed by atoms with van der Waals surface area (Å²) in [6.07, 6.45) is 14.0. The molecule has 3 rings (SSSR count). The van der Waals surface area contributed by atoms with Gasteiger partial charge < -0.3 is 0 Å². The normalized spacial score (nSPS) is 12.7. The molecule has 3 aromatic rings. The second-order valence-electron chi connectivity index (χ2n) is 5.50. The molecule has 0 saturated carbocycles. The quantitative estimate of drug-likeness (QED) is 0.540. The molecule has 2 heterocycles. The summed E-state index contributed by atoms with van der Waals surface area (Å²) in [5.74, 6) is 0.887. The highest BCUT2D eigenvalue weighted by Gasteiger charge is 2.19. The minimum atomic E-state index is 0.848. The minimum Gasteiger partial charge on any atom is -0.255 e. The summed E-state index contributed by atoms with van der Waals surface area (Å²) in [4.78, 5) is 9.44. The average Bonchev–Trinajstić information content (AvgIpc) is 2.97. The lowest BCUT2D eigenvalue weighted by Crippen LogP contribution is -2.27. The summed E-state index contributed by atoms with van der Waals surface area (Å²) in [5.41, 5.74) is 3.81. The van der Waals surface area contributed by atoms with Crippen LogP contribution in [-0.2, 0) is 7.05 Å². The van der Waals surface area contributed by atoms with Gasteiger partial charge in [-0.25, -0.2) is 9.55 Å². The van der Waals surface area contributed by atoms with E-state index < -0.39 is 0 Å². The van der Waals surface area contributed by atoms with Crippen molar-refractivity contribution in [1.82, 2.24) is 14.5 Å². The van der Waals surface area contributed by atoms with Crippen molar-refractivity contribution in [3.05, 3.63) is 73.2 Å². The summed E-state index contributed by atoms with van der Waals surface area (Å²) in [6, 6.07) is 10.2. The first-order valence-electron chi connectivity index (χ1n) is 7.99. The molecule has 0 fully saturated rings. The van der Waals surface area contributed by atoms with Gasteiger partial charge in [0.1, 0.15) is 12.0 Å². The molecule has 4 nitrogen and oxygen atoms in total. The van der Waals surface area contributed by atoms with E-state index in [2.05, 4.69) is 33.8 Å². The van der Waals surface area contributed by atoms with Crippen LogP contribution in [0.1, 0.15) is 13.8 Å². The fourth-order valence-electron chi connectivity index (χ4n) is 2.61. The highest BCUT2D eigenvalue weighted by atomic mass is 15.2. The predicted octanol–water partition coefficient (Wildman–Crippen LogP) is 3.92. The van der Waals surface area contributed by atoms with Crippen molar-refractivity contribution in [2.45, 2.75) is 13.8 Å². The number of nitrogens with zero attached hydrogens (tertiary/aromatic N) is 4. The Morgan fingerprint density at radius 2 is 1.92 bits per heavy atom. The summed E-state index contributed by atoms with van der Waals surface area (Å²) in [5, 5.41) is 0. The Balaban J connectivity index is 2.34. The average molecular weight is 317 g/mol. The molecular formula is C20H21N4+. The summed E-state index contributed by atoms with van der Waals surface area (Å²) < 4.78 is 4.02. The standard InChI is InChI=1S/C20H21N4/c1-4-6-13-17(10-5-2)24-19(16-11-8-7-9-12-16)22-18-14-23(3)15-21-20(18)24/h4-15H,1-3H3/q+1/b6-4-,10-5-,17-13+. The molecule has 0 radical (unpaired) electrons. The Morgan fingerprint density at radius 1 is 1.12 bits per heavy atom. The fraction of sp³-hybridized carbons (Fsp3) is 0.150. The Kier molecular flexibility index (Phi) is 4.66. The highest BCUT2D eigenvalue weighted by Crippen LogP contribution is 2.27. The van der Waals surface area contributed by atoms with Gasteiger partial charge in [-0.15, -0.1) is 0 Å². The molecule has 0 aliphatic heterocycles. The maximum Gasteiger partial charge on any atom is 0.288 e. The second kappa shape index (κ2) is 7.04. The summed E-state index contributed by atoms with van der Waals surface area (Å²) >= 11 is 0. The molecule has 0 atom stereocenters. The van der Waals surface area contributed by atoms with Crippen molar-refractivity contribution in [2.75, 3.05) is 0 Å². The molecule has 2 aromatic heterocycles. The summed E-state index contributed by atoms with van der Waals surface area (Å²) in [6.45, 7) is 4.02. The lowest BCUT2D eigenvalue weighted by Gasteiger charge is -2.08. The van der Waals surface area contributed by atoms with Crippen LogP contribution < -0.4 is 4.57 Å². The number of benzene rings is 1. The summed E-state index contributed by atoms with van der Waals surface area (Å²) in [7, 11) is 1.95. The topological polar surface area (TPSA) is 34.6 Å². The number of rotatable bonds is 4. The maximum atomic E-state index is 4.84. The van der Waals surface area contributed by atoms with Gasteiger partial charge in [-0.2, -0.15) is 0 Å². The number of hydrogen-bond acceptors (Lipinski definition) is 2. The van der Waals surface area contributed by atoms with Crippen LogP contribution in [0.15, 0.2) is 73.2 Å². The van der Waals surface area contributed by atoms with E-state index in [1.165, 1.54) is 0 Å². The smallest absolute Gasteiger partial charge is 0.255 e. The lowest BCUT2D eigenvalue weighted by molar-refractivity contribution is -0.673. The van der Waals surface area contributed by atoms with Gasteiger partial charge >= 0.3 is 0 Å². The van der Waals surface area contributed by atoms with Gasteiger partial charge in [0.25, 0.3) is 12.0 Å². The zero-order valence-corrected chi connectivity index (χ0v) is 14.2. The van der Waals surface area contributed by atoms with Crippen molar-refractivity contribution in [2.24, 2.45) is 7.05 Å². The third-order valence-electron chi connectivity index (χ3n) is 3.65. The second-order valence-corrected chi connectivity index (χ2v) is 5.50. The van der Waals surface area contributed by atoms with E-state index in [9.17, 15) is 0 Å². The molecule has 1 aromatic carbocycles. The third-order valence-corrected chi connectivity index (χ3v) is 3.65. The molecule has 0 spiro atoms. The van der Waals surface area contributed by atoms with Crippen LogP contribution in [0.3, 0.4) is 0 Å². The van der Waals surface area contributed by atoms with Crippen molar-refractivity contribution in [1.29, 1.82) is 0 Å². The van der Waals surface area contributed by atoms with E-state index in [-0.39, 0.29) is 0 Å². The Morgan fingerprint density at radius 3 is 2.62 bits per heavy atom. The first kappa shape index (κ1) is 15.9. The minimum absolute atomic E-state index is 0.848. The van der Waals surface area contributed by atoms with Crippen molar-refractivity contribution in [3.8, 4) is 11.4 Å². The fourth-order valence-corrected chi connectivity index (χ4v) is 2.61. The largest absolute Gasteiger partial charge is 0.288 e. The van der Waals surface area contributed by atoms with E-state index in [0.717, 1.165) is 28.2 Å². The van der Waals surface area contributed by atoms with E-state index in [1.807, 2.05) is 68.1 Å². The Hall–Kier alpha value is -3.01. The van der Waals surface area contributed by atoms with Gasteiger partial charge in [-0.05, 0) is 31.0 Å². The number of hydrogen-bond donors (Lipinski definition) is 0.